The van der Waals surface area contributed by atoms with Crippen LogP contribution in [-0.2, 0) is 21.4 Å². The second kappa shape index (κ2) is 8.94. The summed E-state index contributed by atoms with van der Waals surface area (Å²) < 4.78 is 26.3. The third kappa shape index (κ3) is 5.49. The monoisotopic (exact) mass is 411 g/mol. The molecule has 0 aliphatic heterocycles. The Hall–Kier alpha value is -2.49. The molecule has 144 valence electrons. The number of nitrogens with one attached hydrogen (secondary N) is 1. The van der Waals surface area contributed by atoms with Crippen molar-refractivity contribution < 1.29 is 18.1 Å². The molecular weight excluding hydrogens is 394 g/mol. The van der Waals surface area contributed by atoms with Crippen molar-refractivity contribution in [3.05, 3.63) is 69.2 Å². The Labute approximate surface area is 162 Å². The van der Waals surface area contributed by atoms with Crippen LogP contribution in [0.25, 0.3) is 0 Å². The number of amides is 1. The summed E-state index contributed by atoms with van der Waals surface area (Å²) in [5.41, 5.74) is 0.617. The Morgan fingerprint density at radius 2 is 1.74 bits per heavy atom. The lowest BCUT2D eigenvalue weighted by atomic mass is 10.2. The van der Waals surface area contributed by atoms with E-state index in [0.29, 0.717) is 5.02 Å². The van der Waals surface area contributed by atoms with Crippen LogP contribution < -0.4 is 5.32 Å². The smallest absolute Gasteiger partial charge is 0.269 e. The predicted molar refractivity (Wildman–Crippen MR) is 101 cm³/mol. The summed E-state index contributed by atoms with van der Waals surface area (Å²) >= 11 is 5.80. The Bertz CT molecular complexity index is 915. The molecule has 0 aromatic heterocycles. The first-order valence-corrected chi connectivity index (χ1v) is 9.81. The highest BCUT2D eigenvalue weighted by atomic mass is 35.5. The molecule has 0 aliphatic carbocycles. The van der Waals surface area contributed by atoms with E-state index in [1.54, 1.807) is 31.2 Å². The summed E-state index contributed by atoms with van der Waals surface area (Å²) in [6.07, 6.45) is 0. The van der Waals surface area contributed by atoms with Crippen LogP contribution in [0.4, 0.5) is 5.69 Å². The average Bonchev–Trinajstić information content (AvgIpc) is 2.65. The fourth-order valence-electron chi connectivity index (χ4n) is 2.27. The van der Waals surface area contributed by atoms with E-state index in [1.165, 1.54) is 0 Å². The Morgan fingerprint density at radius 1 is 1.15 bits per heavy atom. The van der Waals surface area contributed by atoms with Gasteiger partial charge in [-0.15, -0.1) is 0 Å². The molecule has 0 bridgehead atoms. The normalized spacial score (nSPS) is 11.4. The van der Waals surface area contributed by atoms with Gasteiger partial charge in [0.1, 0.15) is 0 Å². The first-order valence-electron chi connectivity index (χ1n) is 7.99. The van der Waals surface area contributed by atoms with Crippen molar-refractivity contribution in [3.63, 3.8) is 0 Å². The van der Waals surface area contributed by atoms with Gasteiger partial charge in [-0.1, -0.05) is 30.7 Å². The summed E-state index contributed by atoms with van der Waals surface area (Å²) in [5, 5.41) is 13.9. The van der Waals surface area contributed by atoms with Crippen molar-refractivity contribution in [2.24, 2.45) is 0 Å². The molecule has 0 fully saturated rings. The molecule has 1 amide bonds. The lowest BCUT2D eigenvalue weighted by Crippen LogP contribution is -2.40. The fraction of sp³-hybridized carbons (Fsp3) is 0.235. The predicted octanol–water partition coefficient (Wildman–Crippen LogP) is 2.58. The van der Waals surface area contributed by atoms with Gasteiger partial charge < -0.3 is 5.32 Å². The lowest BCUT2D eigenvalue weighted by molar-refractivity contribution is -0.384. The summed E-state index contributed by atoms with van der Waals surface area (Å²) in [6.45, 7) is 1.57. The molecule has 2 aromatic carbocycles. The number of non-ortho nitro benzene ring substituents is 1. The number of nitro benzene ring substituents is 1. The number of sulfonamides is 1. The van der Waals surface area contributed by atoms with Crippen LogP contribution in [0.1, 0.15) is 12.5 Å². The Morgan fingerprint density at radius 3 is 2.26 bits per heavy atom. The third-order valence-electron chi connectivity index (χ3n) is 3.76. The number of hydrogen-bond acceptors (Lipinski definition) is 5. The minimum Gasteiger partial charge on any atom is -0.351 e. The van der Waals surface area contributed by atoms with Gasteiger partial charge in [0.15, 0.2) is 0 Å². The van der Waals surface area contributed by atoms with Gasteiger partial charge in [-0.2, -0.15) is 4.31 Å². The number of benzene rings is 2. The molecule has 0 unspecified atom stereocenters. The quantitative estimate of drug-likeness (QED) is 0.530. The van der Waals surface area contributed by atoms with Crippen LogP contribution >= 0.6 is 11.6 Å². The van der Waals surface area contributed by atoms with Crippen molar-refractivity contribution in [1.82, 2.24) is 9.62 Å². The van der Waals surface area contributed by atoms with E-state index in [-0.39, 0.29) is 30.2 Å². The van der Waals surface area contributed by atoms with E-state index in [0.717, 1.165) is 34.1 Å². The van der Waals surface area contributed by atoms with Crippen LogP contribution in [0.3, 0.4) is 0 Å². The molecule has 2 rings (SSSR count). The maximum Gasteiger partial charge on any atom is 0.269 e. The zero-order valence-corrected chi connectivity index (χ0v) is 16.0. The van der Waals surface area contributed by atoms with Crippen molar-refractivity contribution >= 4 is 33.2 Å². The average molecular weight is 412 g/mol. The van der Waals surface area contributed by atoms with Gasteiger partial charge in [0.05, 0.1) is 16.4 Å². The topological polar surface area (TPSA) is 110 Å². The zero-order valence-electron chi connectivity index (χ0n) is 14.5. The van der Waals surface area contributed by atoms with E-state index in [2.05, 4.69) is 5.32 Å². The maximum atomic E-state index is 12.7. The first-order chi connectivity index (χ1) is 12.7. The number of carbonyl (C=O) groups excluding carboxylic acids is 1. The van der Waals surface area contributed by atoms with Gasteiger partial charge in [0, 0.05) is 30.2 Å². The lowest BCUT2D eigenvalue weighted by Gasteiger charge is -2.20. The van der Waals surface area contributed by atoms with Crippen LogP contribution in [0, 0.1) is 10.1 Å². The molecule has 0 saturated heterocycles. The molecule has 10 heteroatoms. The minimum absolute atomic E-state index is 0.0771. The number of nitrogens with zero attached hydrogens (tertiary/aromatic N) is 2. The highest BCUT2D eigenvalue weighted by Crippen LogP contribution is 2.19. The standard InChI is InChI=1S/C17H18ClN3O5S/c1-2-20(12-17(22)19-11-13-3-5-14(18)6-4-13)27(25,26)16-9-7-15(8-10-16)21(23)24/h3-10H,2,11-12H2,1H3,(H,19,22). The molecule has 27 heavy (non-hydrogen) atoms. The van der Waals surface area contributed by atoms with E-state index in [1.807, 2.05) is 0 Å². The molecule has 2 aromatic rings. The Balaban J connectivity index is 2.04. The first kappa shape index (κ1) is 20.8. The molecule has 0 aliphatic rings. The molecule has 1 N–H and O–H groups in total. The maximum absolute atomic E-state index is 12.7. The fourth-order valence-corrected chi connectivity index (χ4v) is 3.81. The second-order valence-electron chi connectivity index (χ2n) is 5.59. The van der Waals surface area contributed by atoms with E-state index in [9.17, 15) is 23.3 Å². The molecular formula is C17H18ClN3O5S. The highest BCUT2D eigenvalue weighted by Gasteiger charge is 2.25. The van der Waals surface area contributed by atoms with Gasteiger partial charge >= 0.3 is 0 Å². The van der Waals surface area contributed by atoms with E-state index in [4.69, 9.17) is 11.6 Å². The van der Waals surface area contributed by atoms with Crippen molar-refractivity contribution in [3.8, 4) is 0 Å². The van der Waals surface area contributed by atoms with Crippen LogP contribution in [-0.4, -0.2) is 36.6 Å². The number of rotatable bonds is 8. The van der Waals surface area contributed by atoms with E-state index >= 15 is 0 Å². The van der Waals surface area contributed by atoms with Gasteiger partial charge in [-0.25, -0.2) is 8.42 Å². The molecule has 8 nitrogen and oxygen atoms in total. The zero-order chi connectivity index (χ0) is 20.0. The molecule has 0 atom stereocenters. The summed E-state index contributed by atoms with van der Waals surface area (Å²) in [7, 11) is -3.94. The van der Waals surface area contributed by atoms with E-state index < -0.39 is 20.9 Å². The molecule has 0 spiro atoms. The number of hydrogen-bond donors (Lipinski definition) is 1. The number of carbonyl (C=O) groups is 1. The summed E-state index contributed by atoms with van der Waals surface area (Å²) in [4.78, 5) is 22.1. The molecule has 0 radical (unpaired) electrons. The van der Waals surface area contributed by atoms with Crippen LogP contribution in [0.5, 0.6) is 0 Å². The van der Waals surface area contributed by atoms with Crippen molar-refractivity contribution in [1.29, 1.82) is 0 Å². The Kier molecular flexibility index (Phi) is 6.89. The van der Waals surface area contributed by atoms with Gasteiger partial charge in [0.2, 0.25) is 15.9 Å². The number of likely N-dealkylation sites (N-methyl/N-ethyl adjacent to an activating group) is 1. The van der Waals surface area contributed by atoms with Crippen LogP contribution in [0.15, 0.2) is 53.4 Å². The van der Waals surface area contributed by atoms with Crippen molar-refractivity contribution in [2.75, 3.05) is 13.1 Å². The molecule has 0 heterocycles. The highest BCUT2D eigenvalue weighted by molar-refractivity contribution is 7.89. The van der Waals surface area contributed by atoms with Gasteiger partial charge in [0.25, 0.3) is 5.69 Å². The van der Waals surface area contributed by atoms with Gasteiger partial charge in [-0.05, 0) is 29.8 Å². The second-order valence-corrected chi connectivity index (χ2v) is 7.96. The summed E-state index contributed by atoms with van der Waals surface area (Å²) in [6, 6.07) is 11.4. The minimum atomic E-state index is -3.94. The third-order valence-corrected chi connectivity index (χ3v) is 5.95. The SMILES string of the molecule is CCN(CC(=O)NCc1ccc(Cl)cc1)S(=O)(=O)c1ccc([N+](=O)[O-])cc1. The summed E-state index contributed by atoms with van der Waals surface area (Å²) in [5.74, 6) is -0.461. The van der Waals surface area contributed by atoms with Crippen molar-refractivity contribution in [2.45, 2.75) is 18.4 Å². The number of nitro groups is 1. The van der Waals surface area contributed by atoms with Gasteiger partial charge in [-0.3, -0.25) is 14.9 Å². The van der Waals surface area contributed by atoms with Crippen LogP contribution in [0.2, 0.25) is 5.02 Å². The largest absolute Gasteiger partial charge is 0.351 e. The number of halogens is 1. The molecule has 0 saturated carbocycles.